The Morgan fingerprint density at radius 1 is 1.37 bits per heavy atom. The summed E-state index contributed by atoms with van der Waals surface area (Å²) in [7, 11) is 0. The SMILES string of the molecule is Nc1cc(C(=O)O)c(Nc2cc(F)ccc2Br)cn1. The van der Waals surface area contributed by atoms with Crippen LogP contribution in [0.3, 0.4) is 0 Å². The molecule has 1 aromatic heterocycles. The topological polar surface area (TPSA) is 88.2 Å². The molecule has 4 N–H and O–H groups in total. The fraction of sp³-hybridized carbons (Fsp3) is 0. The lowest BCUT2D eigenvalue weighted by Gasteiger charge is -2.11. The number of carboxylic acid groups (broad SMARTS) is 1. The van der Waals surface area contributed by atoms with Crippen LogP contribution in [0.2, 0.25) is 0 Å². The third-order valence-corrected chi connectivity index (χ3v) is 3.04. The number of aromatic nitrogens is 1. The molecule has 0 bridgehead atoms. The predicted octanol–water partition coefficient (Wildman–Crippen LogP) is 3.01. The van der Waals surface area contributed by atoms with Gasteiger partial charge in [-0.25, -0.2) is 14.2 Å². The van der Waals surface area contributed by atoms with Gasteiger partial charge >= 0.3 is 5.97 Å². The number of hydrogen-bond acceptors (Lipinski definition) is 4. The minimum atomic E-state index is -1.15. The van der Waals surface area contributed by atoms with Crippen molar-refractivity contribution in [3.63, 3.8) is 0 Å². The molecule has 0 saturated carbocycles. The van der Waals surface area contributed by atoms with E-state index in [0.717, 1.165) is 0 Å². The molecule has 19 heavy (non-hydrogen) atoms. The summed E-state index contributed by atoms with van der Waals surface area (Å²) < 4.78 is 13.8. The molecule has 0 aliphatic rings. The summed E-state index contributed by atoms with van der Waals surface area (Å²) in [4.78, 5) is 14.9. The fourth-order valence-electron chi connectivity index (χ4n) is 1.49. The number of aromatic carboxylic acids is 1. The number of nitrogens with one attached hydrogen (secondary N) is 1. The van der Waals surface area contributed by atoms with Crippen LogP contribution >= 0.6 is 15.9 Å². The van der Waals surface area contributed by atoms with Gasteiger partial charge in [0.25, 0.3) is 0 Å². The first-order valence-corrected chi connectivity index (χ1v) is 5.97. The van der Waals surface area contributed by atoms with E-state index in [-0.39, 0.29) is 17.1 Å². The maximum absolute atomic E-state index is 13.2. The number of hydrogen-bond donors (Lipinski definition) is 3. The molecule has 0 atom stereocenters. The van der Waals surface area contributed by atoms with Gasteiger partial charge in [0.05, 0.1) is 23.1 Å². The number of nitrogens with zero attached hydrogens (tertiary/aromatic N) is 1. The molecule has 5 nitrogen and oxygen atoms in total. The first-order valence-electron chi connectivity index (χ1n) is 5.18. The van der Waals surface area contributed by atoms with Gasteiger partial charge in [0.2, 0.25) is 0 Å². The molecular weight excluding hydrogens is 317 g/mol. The van der Waals surface area contributed by atoms with Crippen LogP contribution in [0.15, 0.2) is 34.9 Å². The Morgan fingerprint density at radius 2 is 2.11 bits per heavy atom. The summed E-state index contributed by atoms with van der Waals surface area (Å²) in [5.41, 5.74) is 6.03. The summed E-state index contributed by atoms with van der Waals surface area (Å²) in [6, 6.07) is 5.28. The van der Waals surface area contributed by atoms with Crippen molar-refractivity contribution in [3.8, 4) is 0 Å². The molecule has 0 unspecified atom stereocenters. The molecule has 0 aliphatic heterocycles. The Bertz CT molecular complexity index is 649. The van der Waals surface area contributed by atoms with Crippen molar-refractivity contribution < 1.29 is 14.3 Å². The Labute approximate surface area is 116 Å². The molecule has 7 heteroatoms. The van der Waals surface area contributed by atoms with Gasteiger partial charge < -0.3 is 16.2 Å². The van der Waals surface area contributed by atoms with E-state index in [1.165, 1.54) is 30.5 Å². The van der Waals surface area contributed by atoms with Gasteiger partial charge in [0.1, 0.15) is 11.6 Å². The summed E-state index contributed by atoms with van der Waals surface area (Å²) in [6.07, 6.45) is 1.29. The average molecular weight is 326 g/mol. The van der Waals surface area contributed by atoms with Crippen LogP contribution in [-0.4, -0.2) is 16.1 Å². The predicted molar refractivity (Wildman–Crippen MR) is 73.0 cm³/mol. The molecule has 1 aromatic carbocycles. The summed E-state index contributed by atoms with van der Waals surface area (Å²) in [5.74, 6) is -1.49. The van der Waals surface area contributed by atoms with Crippen LogP contribution in [0, 0.1) is 5.82 Å². The van der Waals surface area contributed by atoms with E-state index in [0.29, 0.717) is 10.2 Å². The summed E-state index contributed by atoms with van der Waals surface area (Å²) >= 11 is 3.24. The zero-order chi connectivity index (χ0) is 14.0. The molecule has 0 fully saturated rings. The van der Waals surface area contributed by atoms with Gasteiger partial charge in [0.15, 0.2) is 0 Å². The van der Waals surface area contributed by atoms with E-state index in [1.807, 2.05) is 0 Å². The minimum absolute atomic E-state index is 0.0383. The number of benzene rings is 1. The van der Waals surface area contributed by atoms with Gasteiger partial charge in [-0.15, -0.1) is 0 Å². The first-order chi connectivity index (χ1) is 8.97. The number of carboxylic acids is 1. The van der Waals surface area contributed by atoms with Crippen LogP contribution in [-0.2, 0) is 0 Å². The largest absolute Gasteiger partial charge is 0.478 e. The molecule has 1 heterocycles. The van der Waals surface area contributed by atoms with Crippen molar-refractivity contribution in [2.45, 2.75) is 0 Å². The lowest BCUT2D eigenvalue weighted by molar-refractivity contribution is 0.0698. The second kappa shape index (κ2) is 5.23. The zero-order valence-corrected chi connectivity index (χ0v) is 11.1. The second-order valence-corrected chi connectivity index (χ2v) is 4.56. The summed E-state index contributed by atoms with van der Waals surface area (Å²) in [6.45, 7) is 0. The van der Waals surface area contributed by atoms with Crippen molar-refractivity contribution in [3.05, 3.63) is 46.3 Å². The first kappa shape index (κ1) is 13.3. The third-order valence-electron chi connectivity index (χ3n) is 2.35. The molecule has 2 rings (SSSR count). The number of halogens is 2. The number of rotatable bonds is 3. The van der Waals surface area contributed by atoms with Crippen molar-refractivity contribution in [2.24, 2.45) is 0 Å². The molecule has 0 aliphatic carbocycles. The van der Waals surface area contributed by atoms with Crippen molar-refractivity contribution in [1.82, 2.24) is 4.98 Å². The fourth-order valence-corrected chi connectivity index (χ4v) is 1.83. The quantitative estimate of drug-likeness (QED) is 0.807. The molecule has 2 aromatic rings. The molecule has 0 spiro atoms. The highest BCUT2D eigenvalue weighted by molar-refractivity contribution is 9.10. The van der Waals surface area contributed by atoms with Crippen molar-refractivity contribution in [2.75, 3.05) is 11.1 Å². The Hall–Kier alpha value is -2.15. The lowest BCUT2D eigenvalue weighted by Crippen LogP contribution is -2.05. The van der Waals surface area contributed by atoms with E-state index < -0.39 is 11.8 Å². The van der Waals surface area contributed by atoms with Gasteiger partial charge in [-0.1, -0.05) is 0 Å². The van der Waals surface area contributed by atoms with E-state index in [2.05, 4.69) is 26.2 Å². The van der Waals surface area contributed by atoms with E-state index >= 15 is 0 Å². The average Bonchev–Trinajstić information content (AvgIpc) is 2.35. The highest BCUT2D eigenvalue weighted by atomic mass is 79.9. The van der Waals surface area contributed by atoms with Crippen LogP contribution in [0.5, 0.6) is 0 Å². The van der Waals surface area contributed by atoms with Crippen LogP contribution < -0.4 is 11.1 Å². The normalized spacial score (nSPS) is 10.2. The van der Waals surface area contributed by atoms with Crippen LogP contribution in [0.4, 0.5) is 21.6 Å². The van der Waals surface area contributed by atoms with E-state index in [1.54, 1.807) is 0 Å². The van der Waals surface area contributed by atoms with Gasteiger partial charge in [-0.05, 0) is 40.2 Å². The summed E-state index contributed by atoms with van der Waals surface area (Å²) in [5, 5.41) is 11.9. The maximum atomic E-state index is 13.2. The van der Waals surface area contributed by atoms with Crippen LogP contribution in [0.25, 0.3) is 0 Å². The smallest absolute Gasteiger partial charge is 0.338 e. The van der Waals surface area contributed by atoms with E-state index in [4.69, 9.17) is 10.8 Å². The highest BCUT2D eigenvalue weighted by Crippen LogP contribution is 2.28. The number of carbonyl (C=O) groups is 1. The molecule has 0 saturated heterocycles. The van der Waals surface area contributed by atoms with Gasteiger partial charge in [-0.2, -0.15) is 0 Å². The Morgan fingerprint density at radius 3 is 2.79 bits per heavy atom. The van der Waals surface area contributed by atoms with Gasteiger partial charge in [-0.3, -0.25) is 0 Å². The monoisotopic (exact) mass is 325 g/mol. The number of nitrogen functional groups attached to an aromatic ring is 1. The zero-order valence-electron chi connectivity index (χ0n) is 9.52. The second-order valence-electron chi connectivity index (χ2n) is 3.71. The maximum Gasteiger partial charge on any atom is 0.338 e. The molecule has 0 radical (unpaired) electrons. The third kappa shape index (κ3) is 3.00. The molecule has 98 valence electrons. The number of anilines is 3. The van der Waals surface area contributed by atoms with Gasteiger partial charge in [0, 0.05) is 4.47 Å². The number of nitrogens with two attached hydrogens (primary N) is 1. The van der Waals surface area contributed by atoms with Crippen LogP contribution in [0.1, 0.15) is 10.4 Å². The van der Waals surface area contributed by atoms with E-state index in [9.17, 15) is 9.18 Å². The Kier molecular flexibility index (Phi) is 3.66. The molecular formula is C12H9BrFN3O2. The lowest BCUT2D eigenvalue weighted by atomic mass is 10.2. The van der Waals surface area contributed by atoms with Crippen molar-refractivity contribution in [1.29, 1.82) is 0 Å². The number of pyridine rings is 1. The Balaban J connectivity index is 2.43. The highest BCUT2D eigenvalue weighted by Gasteiger charge is 2.13. The molecule has 0 amide bonds. The standard InChI is InChI=1S/C12H9BrFN3O2/c13-8-2-1-6(14)3-9(8)17-10-5-16-11(15)4-7(10)12(18)19/h1-5,17H,(H2,15,16)(H,18,19). The van der Waals surface area contributed by atoms with Crippen molar-refractivity contribution >= 4 is 39.1 Å². The minimum Gasteiger partial charge on any atom is -0.478 e.